The molecule has 1 aliphatic rings. The van der Waals surface area contributed by atoms with E-state index in [4.69, 9.17) is 5.41 Å². The van der Waals surface area contributed by atoms with Gasteiger partial charge in [-0.25, -0.2) is 0 Å². The lowest BCUT2D eigenvalue weighted by Gasteiger charge is -2.11. The van der Waals surface area contributed by atoms with E-state index in [0.717, 1.165) is 41.2 Å². The number of aryl methyl sites for hydroxylation is 1. The summed E-state index contributed by atoms with van der Waals surface area (Å²) in [6.07, 6.45) is 16.5. The topological polar surface area (TPSA) is 72.6 Å². The van der Waals surface area contributed by atoms with Gasteiger partial charge in [-0.1, -0.05) is 49.9 Å². The first-order valence-corrected chi connectivity index (χ1v) is 11.3. The van der Waals surface area contributed by atoms with Crippen molar-refractivity contribution in [3.8, 4) is 0 Å². The molecule has 0 spiro atoms. The highest BCUT2D eigenvalue weighted by molar-refractivity contribution is 6.06. The summed E-state index contributed by atoms with van der Waals surface area (Å²) < 4.78 is 0. The van der Waals surface area contributed by atoms with Crippen molar-refractivity contribution in [2.75, 3.05) is 26.0 Å². The van der Waals surface area contributed by atoms with Crippen molar-refractivity contribution in [3.05, 3.63) is 89.8 Å². The molecule has 0 aromatic heterocycles. The molecule has 0 unspecified atom stereocenters. The number of nitrogens with zero attached hydrogens (tertiary/aromatic N) is 2. The Morgan fingerprint density at radius 3 is 2.27 bits per heavy atom. The summed E-state index contributed by atoms with van der Waals surface area (Å²) in [5.74, 6) is 0. The van der Waals surface area contributed by atoms with Crippen LogP contribution in [-0.4, -0.2) is 38.8 Å². The molecule has 178 valence electrons. The molecule has 0 amide bonds. The molecule has 3 N–H and O–H groups in total. The molecule has 1 heterocycles. The fraction of sp³-hybridized carbons (Fsp3) is 0.321. The van der Waals surface area contributed by atoms with Crippen LogP contribution >= 0.6 is 0 Å². The van der Waals surface area contributed by atoms with Crippen LogP contribution in [0.1, 0.15) is 39.7 Å². The number of allylic oxidation sites excluding steroid dienone is 7. The minimum Gasteiger partial charge on any atom is -0.355 e. The summed E-state index contributed by atoms with van der Waals surface area (Å²) in [7, 11) is 3.64. The van der Waals surface area contributed by atoms with E-state index in [9.17, 15) is 0 Å². The number of hydrogen-bond donors (Lipinski definition) is 3. The van der Waals surface area contributed by atoms with Gasteiger partial charge in [-0.05, 0) is 69.2 Å². The number of anilines is 1. The molecule has 0 radical (unpaired) electrons. The van der Waals surface area contributed by atoms with E-state index in [0.29, 0.717) is 6.42 Å². The van der Waals surface area contributed by atoms with Crippen molar-refractivity contribution in [2.24, 2.45) is 9.98 Å². The zero-order chi connectivity index (χ0) is 24.9. The van der Waals surface area contributed by atoms with Crippen LogP contribution < -0.4 is 10.6 Å². The van der Waals surface area contributed by atoms with Gasteiger partial charge >= 0.3 is 0 Å². The zero-order valence-electron chi connectivity index (χ0n) is 21.2. The minimum absolute atomic E-state index is 0.698. The van der Waals surface area contributed by atoms with Crippen molar-refractivity contribution in [2.45, 2.75) is 40.5 Å². The van der Waals surface area contributed by atoms with E-state index in [1.54, 1.807) is 13.3 Å². The monoisotopic (exact) mass is 447 g/mol. The van der Waals surface area contributed by atoms with Crippen molar-refractivity contribution in [3.63, 3.8) is 0 Å². The standard InChI is InChI=1S/C19H24N4.C5H9N.C4H8/c1-4-15-5-7-18(8-6-15)23-14(2)19-11-17(13-22-19)16(12-20)9-10-21-3;1-3-4-5-6-2;1-3-4-2/h5-9,12-13,20-21,23H,2,4,10-11H2,1,3H3;3-5H,1-2H3;3-4H,1-2H3/b16-9+,20-12?;4-3-,6-5?;4-3-. The van der Waals surface area contributed by atoms with Gasteiger partial charge < -0.3 is 16.0 Å². The third kappa shape index (κ3) is 13.0. The zero-order valence-corrected chi connectivity index (χ0v) is 21.2. The van der Waals surface area contributed by atoms with Crippen LogP contribution in [0.4, 0.5) is 5.69 Å². The average Bonchev–Trinajstić information content (AvgIpc) is 3.34. The SMILES string of the molecule is C/C=C\C.C/C=C\C=NC.C=C(Nc1ccc(CC)cc1)C1=NC=C(/C(C=N)=C/CNC)C1. The molecule has 1 aromatic carbocycles. The van der Waals surface area contributed by atoms with Crippen molar-refractivity contribution in [1.29, 1.82) is 5.41 Å². The van der Waals surface area contributed by atoms with Crippen LogP contribution in [0, 0.1) is 5.41 Å². The highest BCUT2D eigenvalue weighted by atomic mass is 14.9. The summed E-state index contributed by atoms with van der Waals surface area (Å²) in [5.41, 5.74) is 6.00. The fourth-order valence-corrected chi connectivity index (χ4v) is 2.53. The normalized spacial score (nSPS) is 13.2. The third-order valence-electron chi connectivity index (χ3n) is 4.55. The molecule has 0 fully saturated rings. The highest BCUT2D eigenvalue weighted by Crippen LogP contribution is 2.23. The number of benzene rings is 1. The molecule has 2 rings (SSSR count). The first kappa shape index (κ1) is 29.7. The summed E-state index contributed by atoms with van der Waals surface area (Å²) >= 11 is 0. The molecule has 1 aliphatic heterocycles. The van der Waals surface area contributed by atoms with Crippen LogP contribution in [0.15, 0.2) is 94.3 Å². The fourth-order valence-electron chi connectivity index (χ4n) is 2.53. The molecule has 5 nitrogen and oxygen atoms in total. The third-order valence-corrected chi connectivity index (χ3v) is 4.55. The maximum absolute atomic E-state index is 7.54. The van der Waals surface area contributed by atoms with E-state index >= 15 is 0 Å². The van der Waals surface area contributed by atoms with Gasteiger partial charge in [-0.2, -0.15) is 0 Å². The smallest absolute Gasteiger partial charge is 0.0676 e. The summed E-state index contributed by atoms with van der Waals surface area (Å²) in [4.78, 5) is 8.17. The first-order valence-electron chi connectivity index (χ1n) is 11.3. The highest BCUT2D eigenvalue weighted by Gasteiger charge is 2.15. The maximum Gasteiger partial charge on any atom is 0.0676 e. The van der Waals surface area contributed by atoms with E-state index < -0.39 is 0 Å². The second kappa shape index (κ2) is 19.4. The van der Waals surface area contributed by atoms with Crippen molar-refractivity contribution >= 4 is 23.8 Å². The van der Waals surface area contributed by atoms with Gasteiger partial charge in [0.05, 0.1) is 11.4 Å². The number of hydrogen-bond acceptors (Lipinski definition) is 5. The molecule has 0 aliphatic carbocycles. The Labute approximate surface area is 201 Å². The molecule has 0 bridgehead atoms. The van der Waals surface area contributed by atoms with Gasteiger partial charge in [-0.15, -0.1) is 0 Å². The number of nitrogens with one attached hydrogen (secondary N) is 3. The van der Waals surface area contributed by atoms with Crippen molar-refractivity contribution in [1.82, 2.24) is 5.32 Å². The quantitative estimate of drug-likeness (QED) is 0.297. The predicted molar refractivity (Wildman–Crippen MR) is 149 cm³/mol. The Bertz CT molecular complexity index is 867. The lowest BCUT2D eigenvalue weighted by molar-refractivity contribution is 0.916. The molecule has 0 saturated carbocycles. The number of rotatable bonds is 9. The van der Waals surface area contributed by atoms with Crippen LogP contribution in [-0.2, 0) is 6.42 Å². The second-order valence-electron chi connectivity index (χ2n) is 7.02. The van der Waals surface area contributed by atoms with Gasteiger partial charge in [-0.3, -0.25) is 9.98 Å². The van der Waals surface area contributed by atoms with Crippen molar-refractivity contribution < 1.29 is 0 Å². The molecule has 1 aromatic rings. The molecular formula is C28H41N5. The summed E-state index contributed by atoms with van der Waals surface area (Å²) in [5, 5.41) is 13.9. The maximum atomic E-state index is 7.54. The minimum atomic E-state index is 0.698. The van der Waals surface area contributed by atoms with Crippen LogP contribution in [0.5, 0.6) is 0 Å². The van der Waals surface area contributed by atoms with E-state index in [2.05, 4.69) is 58.4 Å². The second-order valence-corrected chi connectivity index (χ2v) is 7.02. The molecule has 0 atom stereocenters. The van der Waals surface area contributed by atoms with Crippen LogP contribution in [0.2, 0.25) is 0 Å². The number of aliphatic imine (C=N–C) groups is 2. The van der Waals surface area contributed by atoms with E-state index in [1.165, 1.54) is 11.8 Å². The molecular weight excluding hydrogens is 406 g/mol. The lowest BCUT2D eigenvalue weighted by Crippen LogP contribution is -2.10. The van der Waals surface area contributed by atoms with E-state index in [-0.39, 0.29) is 0 Å². The average molecular weight is 448 g/mol. The Kier molecular flexibility index (Phi) is 17.4. The Balaban J connectivity index is 0.000000860. The van der Waals surface area contributed by atoms with E-state index in [1.807, 2.05) is 64.4 Å². The summed E-state index contributed by atoms with van der Waals surface area (Å²) in [6.45, 7) is 12.9. The molecule has 33 heavy (non-hydrogen) atoms. The molecule has 0 saturated heterocycles. The first-order chi connectivity index (χ1) is 16.0. The largest absolute Gasteiger partial charge is 0.355 e. The Morgan fingerprint density at radius 1 is 1.15 bits per heavy atom. The van der Waals surface area contributed by atoms with Gasteiger partial charge in [0.15, 0.2) is 0 Å². The van der Waals surface area contributed by atoms with Gasteiger partial charge in [0.25, 0.3) is 0 Å². The van der Waals surface area contributed by atoms with Gasteiger partial charge in [0.1, 0.15) is 0 Å². The predicted octanol–water partition coefficient (Wildman–Crippen LogP) is 6.54. The van der Waals surface area contributed by atoms with Crippen LogP contribution in [0.3, 0.4) is 0 Å². The van der Waals surface area contributed by atoms with Gasteiger partial charge in [0, 0.05) is 44.3 Å². The van der Waals surface area contributed by atoms with Crippen LogP contribution in [0.25, 0.3) is 0 Å². The molecule has 5 heteroatoms. The Morgan fingerprint density at radius 2 is 1.82 bits per heavy atom. The summed E-state index contributed by atoms with van der Waals surface area (Å²) in [6, 6.07) is 8.35. The van der Waals surface area contributed by atoms with Gasteiger partial charge in [0.2, 0.25) is 0 Å². The Hall–Kier alpha value is -3.31. The number of likely N-dealkylation sites (N-methyl/N-ethyl adjacent to an activating group) is 1. The lowest BCUT2D eigenvalue weighted by atomic mass is 10.0.